The van der Waals surface area contributed by atoms with Crippen LogP contribution in [0.1, 0.15) is 40.2 Å². The zero-order valence-electron chi connectivity index (χ0n) is 12.3. The van der Waals surface area contributed by atoms with E-state index in [-0.39, 0.29) is 18.0 Å². The average Bonchev–Trinajstić information content (AvgIpc) is 3.04. The van der Waals surface area contributed by atoms with Gasteiger partial charge >= 0.3 is 5.97 Å². The molecule has 2 rings (SSSR count). The molecule has 0 fully saturated rings. The van der Waals surface area contributed by atoms with Gasteiger partial charge < -0.3 is 14.0 Å². The molecule has 0 saturated carbocycles. The van der Waals surface area contributed by atoms with Gasteiger partial charge in [-0.2, -0.15) is 0 Å². The number of carbonyl (C=O) groups is 1. The molecule has 0 bridgehead atoms. The monoisotopic (exact) mass is 328 g/mol. The molecule has 120 valence electrons. The second-order valence-corrected chi connectivity index (χ2v) is 6.65. The van der Waals surface area contributed by atoms with Crippen LogP contribution in [0.5, 0.6) is 0 Å². The summed E-state index contributed by atoms with van der Waals surface area (Å²) in [6, 6.07) is 0.964. The molecular formula is C13H16N2O6S. The van der Waals surface area contributed by atoms with Crippen LogP contribution in [0.2, 0.25) is 0 Å². The molecule has 2 aromatic heterocycles. The summed E-state index contributed by atoms with van der Waals surface area (Å²) < 4.78 is 36.4. The highest BCUT2D eigenvalue weighted by molar-refractivity contribution is 7.89. The van der Waals surface area contributed by atoms with Crippen molar-refractivity contribution in [3.8, 4) is 0 Å². The van der Waals surface area contributed by atoms with E-state index in [2.05, 4.69) is 9.88 Å². The van der Waals surface area contributed by atoms with Crippen LogP contribution >= 0.6 is 0 Å². The van der Waals surface area contributed by atoms with Gasteiger partial charge in [-0.05, 0) is 19.8 Å². The van der Waals surface area contributed by atoms with Crippen molar-refractivity contribution in [2.24, 2.45) is 0 Å². The summed E-state index contributed by atoms with van der Waals surface area (Å²) in [6.07, 6.45) is 0.884. The van der Waals surface area contributed by atoms with E-state index in [0.717, 1.165) is 17.9 Å². The zero-order valence-corrected chi connectivity index (χ0v) is 13.1. The van der Waals surface area contributed by atoms with Gasteiger partial charge in [0.05, 0.1) is 11.3 Å². The summed E-state index contributed by atoms with van der Waals surface area (Å²) in [6.45, 7) is 5.47. The smallest absolute Gasteiger partial charge is 0.339 e. The number of aryl methyl sites for hydroxylation is 2. The first-order chi connectivity index (χ1) is 10.2. The second-order valence-electron chi connectivity index (χ2n) is 4.95. The first-order valence-electron chi connectivity index (χ1n) is 6.46. The quantitative estimate of drug-likeness (QED) is 0.826. The maximum atomic E-state index is 12.1. The number of nitrogens with zero attached hydrogens (tertiary/aromatic N) is 1. The molecule has 1 unspecified atom stereocenters. The molecule has 0 spiro atoms. The molecule has 0 aliphatic carbocycles. The molecule has 2 N–H and O–H groups in total. The molecule has 2 aromatic rings. The number of sulfonamides is 1. The molecule has 0 aliphatic rings. The summed E-state index contributed by atoms with van der Waals surface area (Å²) in [4.78, 5) is 10.7. The van der Waals surface area contributed by atoms with Crippen molar-refractivity contribution < 1.29 is 27.3 Å². The average molecular weight is 328 g/mol. The summed E-state index contributed by atoms with van der Waals surface area (Å²) in [7, 11) is -3.92. The van der Waals surface area contributed by atoms with E-state index in [9.17, 15) is 13.2 Å². The lowest BCUT2D eigenvalue weighted by molar-refractivity contribution is 0.0696. The van der Waals surface area contributed by atoms with E-state index < -0.39 is 21.1 Å². The van der Waals surface area contributed by atoms with Crippen molar-refractivity contribution in [3.63, 3.8) is 0 Å². The third-order valence-corrected chi connectivity index (χ3v) is 4.54. The molecule has 22 heavy (non-hydrogen) atoms. The van der Waals surface area contributed by atoms with Crippen LogP contribution in [0.15, 0.2) is 26.4 Å². The number of nitrogens with one attached hydrogen (secondary N) is 1. The molecule has 2 heterocycles. The van der Waals surface area contributed by atoms with Gasteiger partial charge in [0.15, 0.2) is 0 Å². The van der Waals surface area contributed by atoms with Crippen molar-refractivity contribution in [2.75, 3.05) is 6.54 Å². The fraction of sp³-hybridized carbons (Fsp3) is 0.385. The predicted molar refractivity (Wildman–Crippen MR) is 75.2 cm³/mol. The molecule has 0 radical (unpaired) electrons. The number of aromatic carboxylic acids is 1. The van der Waals surface area contributed by atoms with Gasteiger partial charge in [0.25, 0.3) is 10.0 Å². The molecule has 9 heteroatoms. The third-order valence-electron chi connectivity index (χ3n) is 3.25. The number of rotatable bonds is 6. The maximum Gasteiger partial charge on any atom is 0.339 e. The number of furan rings is 1. The van der Waals surface area contributed by atoms with Crippen LogP contribution in [0.4, 0.5) is 0 Å². The van der Waals surface area contributed by atoms with Crippen LogP contribution in [-0.4, -0.2) is 31.2 Å². The Kier molecular flexibility index (Phi) is 4.38. The third kappa shape index (κ3) is 3.20. The van der Waals surface area contributed by atoms with Gasteiger partial charge in [0.2, 0.25) is 5.09 Å². The van der Waals surface area contributed by atoms with Gasteiger partial charge in [0, 0.05) is 18.2 Å². The van der Waals surface area contributed by atoms with E-state index in [4.69, 9.17) is 14.0 Å². The Balaban J connectivity index is 2.11. The summed E-state index contributed by atoms with van der Waals surface area (Å²) in [5.41, 5.74) is 1.32. The first kappa shape index (κ1) is 16.2. The van der Waals surface area contributed by atoms with Gasteiger partial charge in [0.1, 0.15) is 12.0 Å². The number of hydrogen-bond acceptors (Lipinski definition) is 6. The molecular weight excluding hydrogens is 312 g/mol. The summed E-state index contributed by atoms with van der Waals surface area (Å²) in [5.74, 6) is -0.778. The zero-order chi connectivity index (χ0) is 16.5. The Morgan fingerprint density at radius 3 is 2.64 bits per heavy atom. The Morgan fingerprint density at radius 1 is 1.45 bits per heavy atom. The minimum absolute atomic E-state index is 0.105. The molecule has 0 aromatic carbocycles. The normalized spacial score (nSPS) is 13.2. The van der Waals surface area contributed by atoms with E-state index in [1.165, 1.54) is 0 Å². The molecule has 0 amide bonds. The lowest BCUT2D eigenvalue weighted by Crippen LogP contribution is -2.27. The minimum atomic E-state index is -3.92. The lowest BCUT2D eigenvalue weighted by atomic mass is 10.0. The Morgan fingerprint density at radius 2 is 2.14 bits per heavy atom. The minimum Gasteiger partial charge on any atom is -0.478 e. The molecule has 0 aliphatic heterocycles. The van der Waals surface area contributed by atoms with Crippen molar-refractivity contribution >= 4 is 16.0 Å². The molecule has 1 atom stereocenters. The van der Waals surface area contributed by atoms with Gasteiger partial charge in [-0.3, -0.25) is 0 Å². The first-order valence-corrected chi connectivity index (χ1v) is 7.95. The molecule has 8 nitrogen and oxygen atoms in total. The van der Waals surface area contributed by atoms with E-state index in [1.54, 1.807) is 13.8 Å². The SMILES string of the molecule is Cc1noc(C)c1C(C)CNS(=O)(=O)c1cc(C(=O)O)co1. The van der Waals surface area contributed by atoms with Crippen molar-refractivity contribution in [1.82, 2.24) is 9.88 Å². The van der Waals surface area contributed by atoms with Crippen molar-refractivity contribution in [3.05, 3.63) is 34.9 Å². The fourth-order valence-electron chi connectivity index (χ4n) is 2.17. The van der Waals surface area contributed by atoms with Gasteiger partial charge in [-0.25, -0.2) is 17.9 Å². The topological polar surface area (TPSA) is 123 Å². The lowest BCUT2D eigenvalue weighted by Gasteiger charge is -2.11. The Hall–Kier alpha value is -2.13. The van der Waals surface area contributed by atoms with Crippen LogP contribution in [0, 0.1) is 13.8 Å². The van der Waals surface area contributed by atoms with Crippen molar-refractivity contribution in [1.29, 1.82) is 0 Å². The van der Waals surface area contributed by atoms with E-state index >= 15 is 0 Å². The number of aromatic nitrogens is 1. The van der Waals surface area contributed by atoms with Crippen LogP contribution < -0.4 is 4.72 Å². The highest BCUT2D eigenvalue weighted by atomic mass is 32.2. The highest BCUT2D eigenvalue weighted by Crippen LogP contribution is 2.23. The fourth-order valence-corrected chi connectivity index (χ4v) is 3.24. The Bertz CT molecular complexity index is 770. The van der Waals surface area contributed by atoms with Crippen molar-refractivity contribution in [2.45, 2.75) is 31.8 Å². The van der Waals surface area contributed by atoms with Gasteiger partial charge in [-0.1, -0.05) is 12.1 Å². The van der Waals surface area contributed by atoms with E-state index in [1.807, 2.05) is 6.92 Å². The van der Waals surface area contributed by atoms with Crippen LogP contribution in [0.3, 0.4) is 0 Å². The highest BCUT2D eigenvalue weighted by Gasteiger charge is 2.23. The summed E-state index contributed by atoms with van der Waals surface area (Å²) in [5, 5.41) is 12.2. The second kappa shape index (κ2) is 5.93. The number of hydrogen-bond donors (Lipinski definition) is 2. The molecule has 0 saturated heterocycles. The predicted octanol–water partition coefficient (Wildman–Crippen LogP) is 1.66. The maximum absolute atomic E-state index is 12.1. The van der Waals surface area contributed by atoms with Crippen LogP contribution in [-0.2, 0) is 10.0 Å². The largest absolute Gasteiger partial charge is 0.478 e. The number of carboxylic acids is 1. The van der Waals surface area contributed by atoms with Gasteiger partial charge in [-0.15, -0.1) is 0 Å². The Labute approximate surface area is 127 Å². The number of carboxylic acid groups (broad SMARTS) is 1. The summed E-state index contributed by atoms with van der Waals surface area (Å²) >= 11 is 0. The standard InChI is InChI=1S/C13H16N2O6S/c1-7(12-8(2)15-21-9(12)3)5-14-22(18,19)11-4-10(6-20-11)13(16)17/h4,6-7,14H,5H2,1-3H3,(H,16,17). The van der Waals surface area contributed by atoms with E-state index in [0.29, 0.717) is 11.5 Å². The van der Waals surface area contributed by atoms with Crippen LogP contribution in [0.25, 0.3) is 0 Å².